The summed E-state index contributed by atoms with van der Waals surface area (Å²) in [5.41, 5.74) is 5.59. The van der Waals surface area contributed by atoms with Crippen molar-refractivity contribution in [2.75, 3.05) is 0 Å². The van der Waals surface area contributed by atoms with Gasteiger partial charge in [-0.25, -0.2) is 0 Å². The fraction of sp³-hybridized carbons (Fsp3) is 0.360. The van der Waals surface area contributed by atoms with Crippen LogP contribution in [0.3, 0.4) is 0 Å². The Morgan fingerprint density at radius 2 is 1.52 bits per heavy atom. The summed E-state index contributed by atoms with van der Waals surface area (Å²) in [6.07, 6.45) is 3.67. The number of hydrogen-bond donors (Lipinski definition) is 3. The second kappa shape index (κ2) is 7.16. The topological polar surface area (TPSA) is 86.6 Å². The molecule has 6 heteroatoms. The Kier molecular flexibility index (Phi) is 4.97. The zero-order chi connectivity index (χ0) is 22.7. The SMILES string of the molecule is Cc1cc2c(cc1-c1cc(/C=C3/SC(=O)NC3=O)c(O)cc1O)C(C)(C)CCC2(C)C. The highest BCUT2D eigenvalue weighted by atomic mass is 32.2. The summed E-state index contributed by atoms with van der Waals surface area (Å²) in [7, 11) is 0. The van der Waals surface area contributed by atoms with Gasteiger partial charge in [-0.1, -0.05) is 33.8 Å². The molecule has 0 atom stereocenters. The van der Waals surface area contributed by atoms with Crippen molar-refractivity contribution in [2.45, 2.75) is 58.3 Å². The summed E-state index contributed by atoms with van der Waals surface area (Å²) < 4.78 is 0. The van der Waals surface area contributed by atoms with E-state index in [-0.39, 0.29) is 27.2 Å². The van der Waals surface area contributed by atoms with Gasteiger partial charge >= 0.3 is 0 Å². The molecule has 0 unspecified atom stereocenters. The maximum absolute atomic E-state index is 11.9. The molecule has 1 aliphatic carbocycles. The van der Waals surface area contributed by atoms with Crippen LogP contribution in [0, 0.1) is 6.92 Å². The number of phenols is 2. The van der Waals surface area contributed by atoms with E-state index in [0.717, 1.165) is 35.7 Å². The Labute approximate surface area is 186 Å². The Morgan fingerprint density at radius 1 is 0.903 bits per heavy atom. The number of carbonyl (C=O) groups is 2. The lowest BCUT2D eigenvalue weighted by atomic mass is 9.62. The van der Waals surface area contributed by atoms with Crippen LogP contribution < -0.4 is 5.32 Å². The highest BCUT2D eigenvalue weighted by Gasteiger charge is 2.37. The number of carbonyl (C=O) groups excluding carboxylic acids is 2. The number of rotatable bonds is 2. The van der Waals surface area contributed by atoms with Crippen LogP contribution in [0.2, 0.25) is 0 Å². The Bertz CT molecular complexity index is 1160. The Balaban J connectivity index is 1.88. The lowest BCUT2D eigenvalue weighted by Crippen LogP contribution is -2.34. The van der Waals surface area contributed by atoms with E-state index < -0.39 is 11.1 Å². The van der Waals surface area contributed by atoms with Gasteiger partial charge in [0.05, 0.1) is 4.91 Å². The molecule has 2 aromatic carbocycles. The summed E-state index contributed by atoms with van der Waals surface area (Å²) in [5.74, 6) is -0.674. The van der Waals surface area contributed by atoms with Crippen LogP contribution in [0.15, 0.2) is 29.2 Å². The predicted octanol–water partition coefficient (Wildman–Crippen LogP) is 5.75. The third kappa shape index (κ3) is 3.74. The molecular formula is C25H27NO4S. The highest BCUT2D eigenvalue weighted by molar-refractivity contribution is 8.18. The third-order valence-electron chi connectivity index (χ3n) is 6.56. The maximum atomic E-state index is 11.9. The Hall–Kier alpha value is -2.73. The fourth-order valence-electron chi connectivity index (χ4n) is 4.50. The van der Waals surface area contributed by atoms with Gasteiger partial charge in [0, 0.05) is 17.2 Å². The zero-order valence-electron chi connectivity index (χ0n) is 18.4. The molecule has 5 nitrogen and oxygen atoms in total. The van der Waals surface area contributed by atoms with Gasteiger partial charge in [-0.2, -0.15) is 0 Å². The van der Waals surface area contributed by atoms with E-state index in [1.165, 1.54) is 23.3 Å². The van der Waals surface area contributed by atoms with Gasteiger partial charge in [0.25, 0.3) is 11.1 Å². The molecule has 0 bridgehead atoms. The molecular weight excluding hydrogens is 410 g/mol. The minimum Gasteiger partial charge on any atom is -0.507 e. The summed E-state index contributed by atoms with van der Waals surface area (Å²) in [6.45, 7) is 11.1. The van der Waals surface area contributed by atoms with Crippen molar-refractivity contribution in [2.24, 2.45) is 0 Å². The molecule has 1 saturated heterocycles. The summed E-state index contributed by atoms with van der Waals surface area (Å²) in [5, 5.41) is 22.8. The molecule has 3 N–H and O–H groups in total. The number of benzene rings is 2. The lowest BCUT2D eigenvalue weighted by molar-refractivity contribution is -0.115. The average molecular weight is 438 g/mol. The van der Waals surface area contributed by atoms with E-state index in [1.807, 2.05) is 6.92 Å². The minimum atomic E-state index is -0.488. The van der Waals surface area contributed by atoms with Gasteiger partial charge in [-0.3, -0.25) is 14.9 Å². The number of phenolic OH excluding ortho intramolecular Hbond substituents is 2. The van der Waals surface area contributed by atoms with Crippen LogP contribution in [0.1, 0.15) is 62.8 Å². The van der Waals surface area contributed by atoms with Gasteiger partial charge in [-0.15, -0.1) is 0 Å². The Morgan fingerprint density at radius 3 is 2.10 bits per heavy atom. The maximum Gasteiger partial charge on any atom is 0.290 e. The second-order valence-electron chi connectivity index (χ2n) is 9.76. The van der Waals surface area contributed by atoms with E-state index in [1.54, 1.807) is 6.07 Å². The average Bonchev–Trinajstić information content (AvgIpc) is 2.98. The van der Waals surface area contributed by atoms with Crippen LogP contribution in [-0.4, -0.2) is 21.4 Å². The summed E-state index contributed by atoms with van der Waals surface area (Å²) in [6, 6.07) is 7.34. The minimum absolute atomic E-state index is 0.0174. The molecule has 1 fully saturated rings. The molecule has 2 aromatic rings. The van der Waals surface area contributed by atoms with E-state index in [0.29, 0.717) is 11.1 Å². The number of imide groups is 1. The van der Waals surface area contributed by atoms with Crippen LogP contribution in [0.4, 0.5) is 4.79 Å². The molecule has 162 valence electrons. The normalized spacial score (nSPS) is 20.6. The van der Waals surface area contributed by atoms with Gasteiger partial charge in [-0.05, 0) is 82.8 Å². The summed E-state index contributed by atoms with van der Waals surface area (Å²) >= 11 is 0.792. The van der Waals surface area contributed by atoms with Crippen molar-refractivity contribution in [1.29, 1.82) is 0 Å². The molecule has 1 heterocycles. The van der Waals surface area contributed by atoms with E-state index in [4.69, 9.17) is 0 Å². The van der Waals surface area contributed by atoms with Crippen molar-refractivity contribution < 1.29 is 19.8 Å². The molecule has 2 amide bonds. The first-order valence-electron chi connectivity index (χ1n) is 10.4. The van der Waals surface area contributed by atoms with Crippen molar-refractivity contribution in [1.82, 2.24) is 5.32 Å². The molecule has 0 radical (unpaired) electrons. The van der Waals surface area contributed by atoms with Crippen LogP contribution in [0.5, 0.6) is 11.5 Å². The van der Waals surface area contributed by atoms with Crippen LogP contribution in [0.25, 0.3) is 17.2 Å². The number of aryl methyl sites for hydroxylation is 1. The third-order valence-corrected chi connectivity index (χ3v) is 7.37. The lowest BCUT2D eigenvalue weighted by Gasteiger charge is -2.42. The smallest absolute Gasteiger partial charge is 0.290 e. The zero-order valence-corrected chi connectivity index (χ0v) is 19.2. The number of fused-ring (bicyclic) bond motifs is 1. The van der Waals surface area contributed by atoms with E-state index in [9.17, 15) is 19.8 Å². The number of hydrogen-bond acceptors (Lipinski definition) is 5. The van der Waals surface area contributed by atoms with E-state index in [2.05, 4.69) is 45.1 Å². The van der Waals surface area contributed by atoms with Gasteiger partial charge in [0.2, 0.25) is 0 Å². The monoisotopic (exact) mass is 437 g/mol. The second-order valence-corrected chi connectivity index (χ2v) is 10.8. The first-order valence-corrected chi connectivity index (χ1v) is 11.2. The largest absolute Gasteiger partial charge is 0.507 e. The van der Waals surface area contributed by atoms with Gasteiger partial charge in [0.1, 0.15) is 11.5 Å². The number of thioether (sulfide) groups is 1. The van der Waals surface area contributed by atoms with Crippen molar-refractivity contribution in [3.8, 4) is 22.6 Å². The first kappa shape index (κ1) is 21.5. The molecule has 0 saturated carbocycles. The molecule has 31 heavy (non-hydrogen) atoms. The number of aromatic hydroxyl groups is 2. The van der Waals surface area contributed by atoms with Crippen molar-refractivity contribution in [3.63, 3.8) is 0 Å². The number of amides is 2. The fourth-order valence-corrected chi connectivity index (χ4v) is 5.17. The predicted molar refractivity (Wildman–Crippen MR) is 124 cm³/mol. The molecule has 2 aliphatic rings. The van der Waals surface area contributed by atoms with Crippen molar-refractivity contribution in [3.05, 3.63) is 51.4 Å². The molecule has 1 aliphatic heterocycles. The first-order chi connectivity index (χ1) is 14.4. The molecule has 0 spiro atoms. The molecule has 4 rings (SSSR count). The summed E-state index contributed by atoms with van der Waals surface area (Å²) in [4.78, 5) is 23.6. The molecule has 0 aromatic heterocycles. The standard InChI is InChI=1S/C25H27NO4S/c1-13-8-17-18(25(4,5)7-6-24(17,2)3)11-15(13)16-9-14(19(27)12-20(16)28)10-21-22(29)26-23(30)31-21/h8-12,27-28H,6-7H2,1-5H3,(H,26,29,30)/b21-10+. The van der Waals surface area contributed by atoms with Crippen molar-refractivity contribution >= 4 is 29.0 Å². The highest BCUT2D eigenvalue weighted by Crippen LogP contribution is 2.48. The van der Waals surface area contributed by atoms with Gasteiger partial charge in [0.15, 0.2) is 0 Å². The van der Waals surface area contributed by atoms with Crippen LogP contribution >= 0.6 is 11.8 Å². The van der Waals surface area contributed by atoms with Gasteiger partial charge < -0.3 is 10.2 Å². The quantitative estimate of drug-likeness (QED) is 0.521. The van der Waals surface area contributed by atoms with Crippen LogP contribution in [-0.2, 0) is 15.6 Å². The van der Waals surface area contributed by atoms with E-state index >= 15 is 0 Å². The number of nitrogens with one attached hydrogen (secondary N) is 1.